The Morgan fingerprint density at radius 3 is 3.06 bits per heavy atom. The minimum absolute atomic E-state index is 0.0192. The Hall–Kier alpha value is -1.72. The van der Waals surface area contributed by atoms with E-state index >= 15 is 0 Å². The van der Waals surface area contributed by atoms with Crippen LogP contribution in [-0.2, 0) is 9.59 Å². The highest BCUT2D eigenvalue weighted by atomic mass is 16.2. The van der Waals surface area contributed by atoms with Crippen molar-refractivity contribution in [3.8, 4) is 0 Å². The van der Waals surface area contributed by atoms with Gasteiger partial charge in [0.2, 0.25) is 11.8 Å². The average molecular weight is 238 g/mol. The lowest BCUT2D eigenvalue weighted by Crippen LogP contribution is -2.33. The number of rotatable bonds is 4. The maximum atomic E-state index is 11.8. The van der Waals surface area contributed by atoms with E-state index in [0.717, 1.165) is 18.8 Å². The van der Waals surface area contributed by atoms with E-state index in [1.807, 2.05) is 6.20 Å². The van der Waals surface area contributed by atoms with E-state index in [0.29, 0.717) is 19.5 Å². The second-order valence-corrected chi connectivity index (χ2v) is 4.44. The first-order valence-corrected chi connectivity index (χ1v) is 5.85. The van der Waals surface area contributed by atoms with E-state index in [1.54, 1.807) is 11.9 Å². The lowest BCUT2D eigenvalue weighted by Gasteiger charge is -2.11. The molecule has 1 atom stereocenters. The van der Waals surface area contributed by atoms with Crippen molar-refractivity contribution < 1.29 is 9.59 Å². The van der Waals surface area contributed by atoms with Crippen molar-refractivity contribution in [2.45, 2.75) is 12.8 Å². The van der Waals surface area contributed by atoms with E-state index in [1.165, 1.54) is 0 Å². The lowest BCUT2D eigenvalue weighted by atomic mass is 10.1. The van der Waals surface area contributed by atoms with E-state index in [2.05, 4.69) is 16.0 Å². The van der Waals surface area contributed by atoms with Crippen LogP contribution in [0.4, 0.5) is 0 Å². The maximum absolute atomic E-state index is 11.8. The van der Waals surface area contributed by atoms with Crippen molar-refractivity contribution in [2.24, 2.45) is 5.92 Å². The van der Waals surface area contributed by atoms with Crippen molar-refractivity contribution in [3.05, 3.63) is 11.9 Å². The Balaban J connectivity index is 1.69. The number of carbonyl (C=O) groups excluding carboxylic acids is 2. The Morgan fingerprint density at radius 1 is 1.65 bits per heavy atom. The van der Waals surface area contributed by atoms with Crippen LogP contribution in [-0.4, -0.2) is 43.5 Å². The molecule has 1 unspecified atom stereocenters. The molecule has 2 aliphatic heterocycles. The molecule has 0 aromatic heterocycles. The molecule has 0 aromatic rings. The zero-order valence-corrected chi connectivity index (χ0v) is 9.95. The van der Waals surface area contributed by atoms with Gasteiger partial charge in [-0.15, -0.1) is 0 Å². The Bertz CT molecular complexity index is 353. The first-order chi connectivity index (χ1) is 8.16. The third-order valence-electron chi connectivity index (χ3n) is 3.10. The number of nitrogens with zero attached hydrogens (tertiary/aromatic N) is 1. The Kier molecular flexibility index (Phi) is 3.51. The van der Waals surface area contributed by atoms with Gasteiger partial charge in [0.15, 0.2) is 0 Å². The molecule has 0 spiro atoms. The van der Waals surface area contributed by atoms with E-state index < -0.39 is 0 Å². The second-order valence-electron chi connectivity index (χ2n) is 4.44. The summed E-state index contributed by atoms with van der Waals surface area (Å²) in [6.07, 6.45) is 3.04. The van der Waals surface area contributed by atoms with Crippen LogP contribution in [0.5, 0.6) is 0 Å². The molecule has 17 heavy (non-hydrogen) atoms. The molecule has 0 aromatic carbocycles. The van der Waals surface area contributed by atoms with Gasteiger partial charge in [0.25, 0.3) is 0 Å². The summed E-state index contributed by atoms with van der Waals surface area (Å²) in [5.74, 6) is -0.153. The van der Waals surface area contributed by atoms with Crippen LogP contribution in [0.1, 0.15) is 12.8 Å². The van der Waals surface area contributed by atoms with Crippen LogP contribution in [0.15, 0.2) is 11.9 Å². The topological polar surface area (TPSA) is 73.5 Å². The Morgan fingerprint density at radius 2 is 2.47 bits per heavy atom. The van der Waals surface area contributed by atoms with Gasteiger partial charge in [-0.25, -0.2) is 0 Å². The van der Waals surface area contributed by atoms with Gasteiger partial charge in [0.05, 0.1) is 12.6 Å². The third-order valence-corrected chi connectivity index (χ3v) is 3.10. The maximum Gasteiger partial charge on any atom is 0.225 e. The molecule has 0 saturated carbocycles. The summed E-state index contributed by atoms with van der Waals surface area (Å²) in [6, 6.07) is 0. The highest BCUT2D eigenvalue weighted by molar-refractivity contribution is 5.89. The van der Waals surface area contributed by atoms with Gasteiger partial charge < -0.3 is 20.9 Å². The van der Waals surface area contributed by atoms with Crippen molar-refractivity contribution in [3.63, 3.8) is 0 Å². The highest BCUT2D eigenvalue weighted by Crippen LogP contribution is 2.15. The molecule has 2 heterocycles. The molecule has 1 saturated heterocycles. The summed E-state index contributed by atoms with van der Waals surface area (Å²) in [5, 5.41) is 9.06. The van der Waals surface area contributed by atoms with Crippen LogP contribution in [0.3, 0.4) is 0 Å². The summed E-state index contributed by atoms with van der Waals surface area (Å²) in [6.45, 7) is 1.89. The standard InChI is InChI=1S/C11H18N4O2/c1-15-6-8(4-10(15)16)11(17)13-3-2-9-5-12-7-14-9/h5,8,12,14H,2-4,6-7H2,1H3,(H,13,17). The molecule has 2 aliphatic rings. The monoisotopic (exact) mass is 238 g/mol. The molecule has 2 amide bonds. The van der Waals surface area contributed by atoms with Gasteiger partial charge in [0, 0.05) is 44.9 Å². The summed E-state index contributed by atoms with van der Waals surface area (Å²) >= 11 is 0. The molecule has 6 nitrogen and oxygen atoms in total. The van der Waals surface area contributed by atoms with E-state index in [-0.39, 0.29) is 17.7 Å². The fourth-order valence-corrected chi connectivity index (χ4v) is 2.05. The molecule has 6 heteroatoms. The minimum Gasteiger partial charge on any atom is -0.372 e. The smallest absolute Gasteiger partial charge is 0.225 e. The SMILES string of the molecule is CN1CC(C(=O)NCCC2=CNCN2)CC1=O. The van der Waals surface area contributed by atoms with Gasteiger partial charge in [-0.2, -0.15) is 0 Å². The molecule has 1 fully saturated rings. The van der Waals surface area contributed by atoms with Gasteiger partial charge >= 0.3 is 0 Å². The number of likely N-dealkylation sites (tertiary alicyclic amines) is 1. The summed E-state index contributed by atoms with van der Waals surface area (Å²) < 4.78 is 0. The molecule has 0 radical (unpaired) electrons. The highest BCUT2D eigenvalue weighted by Gasteiger charge is 2.31. The largest absolute Gasteiger partial charge is 0.372 e. The van der Waals surface area contributed by atoms with Gasteiger partial charge in [-0.05, 0) is 0 Å². The third kappa shape index (κ3) is 2.89. The fraction of sp³-hybridized carbons (Fsp3) is 0.636. The molecular formula is C11H18N4O2. The lowest BCUT2D eigenvalue weighted by molar-refractivity contribution is -0.128. The summed E-state index contributed by atoms with van der Waals surface area (Å²) in [4.78, 5) is 24.7. The zero-order valence-electron chi connectivity index (χ0n) is 9.95. The summed E-state index contributed by atoms with van der Waals surface area (Å²) in [7, 11) is 1.73. The predicted octanol–water partition coefficient (Wildman–Crippen LogP) is -1.04. The molecule has 0 aliphatic carbocycles. The predicted molar refractivity (Wildman–Crippen MR) is 62.6 cm³/mol. The van der Waals surface area contributed by atoms with Gasteiger partial charge in [-0.1, -0.05) is 0 Å². The minimum atomic E-state index is -0.184. The van der Waals surface area contributed by atoms with Crippen LogP contribution < -0.4 is 16.0 Å². The summed E-state index contributed by atoms with van der Waals surface area (Å²) in [5.41, 5.74) is 1.10. The molecule has 94 valence electrons. The molecule has 3 N–H and O–H groups in total. The van der Waals surface area contributed by atoms with Crippen molar-refractivity contribution in [2.75, 3.05) is 26.8 Å². The second kappa shape index (κ2) is 5.07. The van der Waals surface area contributed by atoms with Crippen LogP contribution in [0, 0.1) is 5.92 Å². The van der Waals surface area contributed by atoms with Crippen LogP contribution in [0.2, 0.25) is 0 Å². The van der Waals surface area contributed by atoms with Crippen molar-refractivity contribution >= 4 is 11.8 Å². The average Bonchev–Trinajstić information content (AvgIpc) is 2.90. The normalized spacial score (nSPS) is 23.1. The van der Waals surface area contributed by atoms with Crippen molar-refractivity contribution in [1.29, 1.82) is 0 Å². The van der Waals surface area contributed by atoms with Crippen LogP contribution >= 0.6 is 0 Å². The Labute approximate surface area is 100 Å². The van der Waals surface area contributed by atoms with E-state index in [4.69, 9.17) is 0 Å². The zero-order chi connectivity index (χ0) is 12.3. The van der Waals surface area contributed by atoms with Gasteiger partial charge in [-0.3, -0.25) is 9.59 Å². The first kappa shape index (κ1) is 11.8. The fourth-order valence-electron chi connectivity index (χ4n) is 2.05. The molecule has 0 bridgehead atoms. The van der Waals surface area contributed by atoms with E-state index in [9.17, 15) is 9.59 Å². The van der Waals surface area contributed by atoms with Gasteiger partial charge in [0.1, 0.15) is 0 Å². The number of nitrogens with one attached hydrogen (secondary N) is 3. The number of carbonyl (C=O) groups is 2. The molecular weight excluding hydrogens is 220 g/mol. The van der Waals surface area contributed by atoms with Crippen LogP contribution in [0.25, 0.3) is 0 Å². The van der Waals surface area contributed by atoms with Crippen molar-refractivity contribution in [1.82, 2.24) is 20.9 Å². The number of hydrogen-bond acceptors (Lipinski definition) is 4. The number of amides is 2. The molecule has 2 rings (SSSR count). The number of hydrogen-bond donors (Lipinski definition) is 3. The quantitative estimate of drug-likeness (QED) is 0.585. The first-order valence-electron chi connectivity index (χ1n) is 5.85.